The molecule has 6 nitrogen and oxygen atoms in total. The highest BCUT2D eigenvalue weighted by Crippen LogP contribution is 2.44. The van der Waals surface area contributed by atoms with Crippen LogP contribution in [0.15, 0.2) is 40.9 Å². The van der Waals surface area contributed by atoms with Crippen molar-refractivity contribution in [3.8, 4) is 0 Å². The molecule has 2 atom stereocenters. The predicted octanol–water partition coefficient (Wildman–Crippen LogP) is 2.91. The number of anilines is 1. The summed E-state index contributed by atoms with van der Waals surface area (Å²) < 4.78 is 1.73. The van der Waals surface area contributed by atoms with Crippen LogP contribution in [0.4, 0.5) is 5.95 Å². The third-order valence-electron chi connectivity index (χ3n) is 4.64. The highest BCUT2D eigenvalue weighted by Gasteiger charge is 2.44. The first-order valence-corrected chi connectivity index (χ1v) is 9.15. The monoisotopic (exact) mass is 341 g/mol. The van der Waals surface area contributed by atoms with Crippen LogP contribution in [0.3, 0.4) is 0 Å². The normalized spacial score (nSPS) is 24.6. The number of carbonyl (C=O) groups excluding carboxylic acids is 1. The van der Waals surface area contributed by atoms with E-state index in [9.17, 15) is 4.79 Å². The molecule has 2 aromatic rings. The Balaban J connectivity index is 1.86. The number of nitrogens with zero attached hydrogens (tertiary/aromatic N) is 4. The average Bonchev–Trinajstić information content (AvgIpc) is 3.00. The van der Waals surface area contributed by atoms with Crippen molar-refractivity contribution in [2.75, 3.05) is 11.6 Å². The van der Waals surface area contributed by atoms with Crippen molar-refractivity contribution < 1.29 is 4.79 Å². The van der Waals surface area contributed by atoms with Gasteiger partial charge in [0.1, 0.15) is 5.78 Å². The molecule has 7 heteroatoms. The minimum atomic E-state index is -0.269. The lowest BCUT2D eigenvalue weighted by atomic mass is 9.72. The summed E-state index contributed by atoms with van der Waals surface area (Å²) in [6.45, 7) is 4.16. The van der Waals surface area contributed by atoms with Gasteiger partial charge in [-0.05, 0) is 39.8 Å². The fraction of sp³-hybridized carbons (Fsp3) is 0.412. The first kappa shape index (κ1) is 15.4. The number of fused-ring (bicyclic) bond motifs is 2. The van der Waals surface area contributed by atoms with Crippen LogP contribution in [0, 0.1) is 11.3 Å². The molecule has 1 aliphatic carbocycles. The zero-order valence-electron chi connectivity index (χ0n) is 13.9. The van der Waals surface area contributed by atoms with Crippen LogP contribution in [0.25, 0.3) is 0 Å². The number of rotatable bonds is 2. The highest BCUT2D eigenvalue weighted by atomic mass is 32.2. The number of hydrogen-bond acceptors (Lipinski definition) is 6. The summed E-state index contributed by atoms with van der Waals surface area (Å²) in [5, 5.41) is 15.2. The van der Waals surface area contributed by atoms with Gasteiger partial charge >= 0.3 is 0 Å². The Bertz CT molecular complexity index is 824. The van der Waals surface area contributed by atoms with Gasteiger partial charge in [0, 0.05) is 17.0 Å². The summed E-state index contributed by atoms with van der Waals surface area (Å²) in [6.07, 6.45) is 4.73. The van der Waals surface area contributed by atoms with Crippen molar-refractivity contribution >= 4 is 23.5 Å². The van der Waals surface area contributed by atoms with E-state index in [1.165, 1.54) is 4.90 Å². The molecule has 0 bridgehead atoms. The quantitative estimate of drug-likeness (QED) is 0.847. The van der Waals surface area contributed by atoms with Crippen LogP contribution >= 0.6 is 11.8 Å². The molecule has 0 spiro atoms. The van der Waals surface area contributed by atoms with Gasteiger partial charge in [-0.2, -0.15) is 0 Å². The molecule has 4 rings (SSSR count). The number of aromatic nitrogens is 4. The zero-order valence-corrected chi connectivity index (χ0v) is 14.7. The molecule has 1 aliphatic heterocycles. The van der Waals surface area contributed by atoms with Gasteiger partial charge in [-0.25, -0.2) is 4.68 Å². The van der Waals surface area contributed by atoms with Crippen molar-refractivity contribution in [2.45, 2.75) is 31.2 Å². The second-order valence-electron chi connectivity index (χ2n) is 7.00. The van der Waals surface area contributed by atoms with Gasteiger partial charge in [0.2, 0.25) is 5.95 Å². The lowest BCUT2D eigenvalue weighted by Crippen LogP contribution is -2.42. The molecule has 2 heterocycles. The number of nitrogens with one attached hydrogen (secondary N) is 1. The second-order valence-corrected chi connectivity index (χ2v) is 7.88. The molecular formula is C17H19N5OS. The molecule has 1 aromatic heterocycles. The van der Waals surface area contributed by atoms with Crippen LogP contribution in [0.2, 0.25) is 0 Å². The van der Waals surface area contributed by atoms with E-state index in [2.05, 4.69) is 65.0 Å². The van der Waals surface area contributed by atoms with Crippen LogP contribution in [-0.4, -0.2) is 32.2 Å². The maximum absolute atomic E-state index is 12.9. The summed E-state index contributed by atoms with van der Waals surface area (Å²) in [7, 11) is 0. The number of carbonyl (C=O) groups is 1. The van der Waals surface area contributed by atoms with Gasteiger partial charge in [-0.15, -0.1) is 11.8 Å². The molecule has 1 N–H and O–H groups in total. The first-order chi connectivity index (χ1) is 11.5. The van der Waals surface area contributed by atoms with Gasteiger partial charge in [-0.3, -0.25) is 4.79 Å². The molecule has 1 aromatic carbocycles. The number of allylic oxidation sites excluding steroid dienone is 2. The van der Waals surface area contributed by atoms with Crippen molar-refractivity contribution in [1.82, 2.24) is 20.2 Å². The summed E-state index contributed by atoms with van der Waals surface area (Å²) in [5.41, 5.74) is 1.81. The molecule has 2 unspecified atom stereocenters. The smallest absolute Gasteiger partial charge is 0.247 e. The molecule has 24 heavy (non-hydrogen) atoms. The van der Waals surface area contributed by atoms with Gasteiger partial charge in [0.25, 0.3) is 0 Å². The first-order valence-electron chi connectivity index (χ1n) is 7.93. The molecule has 2 aliphatic rings. The van der Waals surface area contributed by atoms with E-state index in [-0.39, 0.29) is 23.2 Å². The maximum Gasteiger partial charge on any atom is 0.247 e. The minimum absolute atomic E-state index is 0.154. The number of benzene rings is 1. The minimum Gasteiger partial charge on any atom is -0.326 e. The third-order valence-corrected chi connectivity index (χ3v) is 5.39. The Labute approximate surface area is 144 Å². The van der Waals surface area contributed by atoms with Crippen LogP contribution in [0.1, 0.15) is 31.9 Å². The van der Waals surface area contributed by atoms with Gasteiger partial charge in [0.05, 0.1) is 12.0 Å². The fourth-order valence-corrected chi connectivity index (χ4v) is 4.03. The topological polar surface area (TPSA) is 72.7 Å². The summed E-state index contributed by atoms with van der Waals surface area (Å²) in [5.74, 6) is 0.543. The Morgan fingerprint density at radius 1 is 1.29 bits per heavy atom. The molecular weight excluding hydrogens is 322 g/mol. The zero-order chi connectivity index (χ0) is 16.9. The van der Waals surface area contributed by atoms with Crippen molar-refractivity contribution in [3.63, 3.8) is 0 Å². The fourth-order valence-electron chi connectivity index (χ4n) is 3.62. The number of tetrazole rings is 1. The van der Waals surface area contributed by atoms with Crippen LogP contribution in [-0.2, 0) is 4.79 Å². The average molecular weight is 341 g/mol. The third kappa shape index (κ3) is 2.43. The summed E-state index contributed by atoms with van der Waals surface area (Å²) in [6, 6.07) is 8.08. The second kappa shape index (κ2) is 5.44. The molecule has 0 saturated heterocycles. The lowest BCUT2D eigenvalue weighted by molar-refractivity contribution is -0.125. The predicted molar refractivity (Wildman–Crippen MR) is 92.8 cm³/mol. The molecule has 0 amide bonds. The summed E-state index contributed by atoms with van der Waals surface area (Å²) >= 11 is 1.70. The van der Waals surface area contributed by atoms with Crippen molar-refractivity contribution in [2.24, 2.45) is 11.3 Å². The van der Waals surface area contributed by atoms with Gasteiger partial charge in [-0.1, -0.05) is 37.2 Å². The summed E-state index contributed by atoms with van der Waals surface area (Å²) in [4.78, 5) is 14.1. The van der Waals surface area contributed by atoms with E-state index in [4.69, 9.17) is 0 Å². The molecule has 0 saturated carbocycles. The number of hydrogen-bond donors (Lipinski definition) is 1. The molecule has 0 radical (unpaired) electrons. The van der Waals surface area contributed by atoms with Crippen molar-refractivity contribution in [3.05, 3.63) is 41.6 Å². The Morgan fingerprint density at radius 2 is 2.04 bits per heavy atom. The van der Waals surface area contributed by atoms with E-state index in [1.54, 1.807) is 16.4 Å². The molecule has 124 valence electrons. The lowest BCUT2D eigenvalue weighted by Gasteiger charge is -2.39. The van der Waals surface area contributed by atoms with E-state index in [0.717, 1.165) is 11.3 Å². The number of Topliss-reactive ketones (excluding diaryl/α,β-unsaturated/α-hetero) is 1. The van der Waals surface area contributed by atoms with E-state index in [0.29, 0.717) is 12.4 Å². The van der Waals surface area contributed by atoms with Crippen LogP contribution in [0.5, 0.6) is 0 Å². The van der Waals surface area contributed by atoms with Crippen molar-refractivity contribution in [1.29, 1.82) is 0 Å². The van der Waals surface area contributed by atoms with E-state index < -0.39 is 0 Å². The Kier molecular flexibility index (Phi) is 3.49. The number of ketones is 1. The van der Waals surface area contributed by atoms with Gasteiger partial charge < -0.3 is 5.32 Å². The largest absolute Gasteiger partial charge is 0.326 e. The van der Waals surface area contributed by atoms with Crippen LogP contribution < -0.4 is 5.32 Å². The standard InChI is InChI=1S/C17H19N5OS/c1-17(2)8-12-14(13(23)9-17)15(22-16(18-12)19-20-21-22)10-4-6-11(24-3)7-5-10/h4-8,14-15H,9H2,1-3H3,(H,18,19,21). The Hall–Kier alpha value is -2.15. The van der Waals surface area contributed by atoms with E-state index >= 15 is 0 Å². The van der Waals surface area contributed by atoms with E-state index in [1.807, 2.05) is 6.26 Å². The maximum atomic E-state index is 12.9. The highest BCUT2D eigenvalue weighted by molar-refractivity contribution is 7.98. The Morgan fingerprint density at radius 3 is 2.75 bits per heavy atom. The molecule has 0 fully saturated rings. The SMILES string of the molecule is CSc1ccc(C2C3C(=O)CC(C)(C)C=C3Nc3nnnn32)cc1. The number of thioether (sulfide) groups is 1. The van der Waals surface area contributed by atoms with Gasteiger partial charge in [0.15, 0.2) is 0 Å².